The van der Waals surface area contributed by atoms with Gasteiger partial charge in [0, 0.05) is 11.6 Å². The monoisotopic (exact) mass is 598 g/mol. The van der Waals surface area contributed by atoms with Gasteiger partial charge < -0.3 is 28.4 Å². The number of sulfone groups is 1. The highest BCUT2D eigenvalue weighted by atomic mass is 79.9. The number of ether oxygens (including phenoxy) is 6. The van der Waals surface area contributed by atoms with Crippen LogP contribution in [-0.2, 0) is 14.6 Å². The summed E-state index contributed by atoms with van der Waals surface area (Å²) >= 11 is 3.34. The smallest absolute Gasteiger partial charge is 0.203 e. The number of benzene rings is 2. The average Bonchev–Trinajstić information content (AvgIpc) is 3.38. The number of hydrogen-bond donors (Lipinski definition) is 0. The lowest BCUT2D eigenvalue weighted by Gasteiger charge is -2.20. The molecule has 0 radical (unpaired) electrons. The fourth-order valence-corrected chi connectivity index (χ4v) is 5.31. The van der Waals surface area contributed by atoms with Gasteiger partial charge in [0.2, 0.25) is 5.75 Å². The number of halogens is 1. The summed E-state index contributed by atoms with van der Waals surface area (Å²) in [7, 11) is 1.11. The third-order valence-corrected chi connectivity index (χ3v) is 7.41. The minimum absolute atomic E-state index is 0.0951. The Morgan fingerprint density at radius 1 is 0.892 bits per heavy atom. The van der Waals surface area contributed by atoms with Crippen molar-refractivity contribution in [3.63, 3.8) is 0 Å². The topological polar surface area (TPSA) is 89.5 Å². The van der Waals surface area contributed by atoms with Crippen molar-refractivity contribution >= 4 is 25.8 Å². The second kappa shape index (κ2) is 13.4. The normalized spacial score (nSPS) is 17.7. The number of allylic oxidation sites excluding steroid dienone is 1. The van der Waals surface area contributed by atoms with Crippen LogP contribution < -0.4 is 23.7 Å². The van der Waals surface area contributed by atoms with Crippen LogP contribution in [0.2, 0.25) is 0 Å². The maximum absolute atomic E-state index is 12.8. The molecule has 0 N–H and O–H groups in total. The van der Waals surface area contributed by atoms with E-state index in [-0.39, 0.29) is 29.5 Å². The predicted molar refractivity (Wildman–Crippen MR) is 146 cm³/mol. The first-order valence-electron chi connectivity index (χ1n) is 12.1. The zero-order chi connectivity index (χ0) is 27.0. The van der Waals surface area contributed by atoms with Crippen LogP contribution in [0.15, 0.2) is 41.3 Å². The number of methoxy groups -OCH3 is 3. The van der Waals surface area contributed by atoms with E-state index in [9.17, 15) is 8.42 Å². The van der Waals surface area contributed by atoms with Gasteiger partial charge in [-0.2, -0.15) is 0 Å². The average molecular weight is 600 g/mol. The summed E-state index contributed by atoms with van der Waals surface area (Å²) in [6.07, 6.45) is 6.54. The van der Waals surface area contributed by atoms with Crippen LogP contribution in [0.1, 0.15) is 49.5 Å². The van der Waals surface area contributed by atoms with Gasteiger partial charge in [-0.15, -0.1) is 0 Å². The van der Waals surface area contributed by atoms with Crippen LogP contribution in [0.3, 0.4) is 0 Å². The molecule has 2 atom stereocenters. The molecule has 37 heavy (non-hydrogen) atoms. The van der Waals surface area contributed by atoms with Crippen molar-refractivity contribution in [2.75, 3.05) is 46.1 Å². The van der Waals surface area contributed by atoms with Crippen LogP contribution in [0, 0.1) is 0 Å². The Kier molecular flexibility index (Phi) is 10.5. The molecule has 1 aliphatic rings. The number of rotatable bonds is 13. The van der Waals surface area contributed by atoms with Gasteiger partial charge in [-0.3, -0.25) is 0 Å². The molecular formula is C27H35BrO8S. The molecule has 1 saturated heterocycles. The molecule has 2 unspecified atom stereocenters. The van der Waals surface area contributed by atoms with Crippen molar-refractivity contribution in [2.24, 2.45) is 0 Å². The van der Waals surface area contributed by atoms with Crippen molar-refractivity contribution in [2.45, 2.75) is 43.3 Å². The van der Waals surface area contributed by atoms with Crippen molar-refractivity contribution in [3.05, 3.63) is 47.5 Å². The molecule has 8 nitrogen and oxygen atoms in total. The maximum atomic E-state index is 12.8. The highest BCUT2D eigenvalue weighted by Crippen LogP contribution is 2.48. The summed E-state index contributed by atoms with van der Waals surface area (Å²) in [6.45, 7) is 2.61. The first kappa shape index (κ1) is 29.1. The van der Waals surface area contributed by atoms with Gasteiger partial charge in [0.05, 0.1) is 40.1 Å². The molecule has 0 saturated carbocycles. The van der Waals surface area contributed by atoms with Crippen LogP contribution in [0.5, 0.6) is 28.7 Å². The molecule has 2 aromatic rings. The highest BCUT2D eigenvalue weighted by molar-refractivity contribution is 9.09. The molecule has 3 rings (SSSR count). The van der Waals surface area contributed by atoms with Crippen molar-refractivity contribution < 1.29 is 36.8 Å². The summed E-state index contributed by atoms with van der Waals surface area (Å²) in [6, 6.07) is 7.22. The summed E-state index contributed by atoms with van der Waals surface area (Å²) in [5.74, 6) is 2.23. The zero-order valence-corrected chi connectivity index (χ0v) is 24.3. The second-order valence-corrected chi connectivity index (χ2v) is 11.2. The van der Waals surface area contributed by atoms with Crippen molar-refractivity contribution in [1.29, 1.82) is 0 Å². The first-order valence-corrected chi connectivity index (χ1v) is 15.1. The summed E-state index contributed by atoms with van der Waals surface area (Å²) in [5.41, 5.74) is 1.61. The van der Waals surface area contributed by atoms with Crippen LogP contribution in [-0.4, -0.2) is 54.5 Å². The summed E-state index contributed by atoms with van der Waals surface area (Å²) < 4.78 is 60.2. The molecule has 1 fully saturated rings. The van der Waals surface area contributed by atoms with E-state index in [2.05, 4.69) is 15.9 Å². The molecule has 204 valence electrons. The molecule has 2 aromatic carbocycles. The third kappa shape index (κ3) is 7.12. The molecule has 0 amide bonds. The van der Waals surface area contributed by atoms with Gasteiger partial charge in [-0.25, -0.2) is 8.42 Å². The Bertz CT molecular complexity index is 1170. The Labute approximate surface area is 227 Å². The minimum atomic E-state index is -3.60. The minimum Gasteiger partial charge on any atom is -0.493 e. The van der Waals surface area contributed by atoms with E-state index in [1.807, 2.05) is 37.3 Å². The van der Waals surface area contributed by atoms with Gasteiger partial charge in [-0.05, 0) is 54.7 Å². The van der Waals surface area contributed by atoms with Crippen LogP contribution in [0.25, 0.3) is 0 Å². The first-order chi connectivity index (χ1) is 17.8. The Balaban J connectivity index is 1.97. The van der Waals surface area contributed by atoms with Gasteiger partial charge in [0.1, 0.15) is 11.5 Å². The predicted octanol–water partition coefficient (Wildman–Crippen LogP) is 5.83. The molecular weight excluding hydrogens is 564 g/mol. The van der Waals surface area contributed by atoms with Gasteiger partial charge in [-0.1, -0.05) is 35.0 Å². The molecule has 0 spiro atoms. The van der Waals surface area contributed by atoms with E-state index in [0.29, 0.717) is 41.4 Å². The molecule has 0 aromatic heterocycles. The van der Waals surface area contributed by atoms with E-state index < -0.39 is 9.84 Å². The maximum Gasteiger partial charge on any atom is 0.203 e. The van der Waals surface area contributed by atoms with Crippen LogP contribution in [0.4, 0.5) is 0 Å². The number of alkyl halides is 1. The van der Waals surface area contributed by atoms with Crippen molar-refractivity contribution in [3.8, 4) is 28.7 Å². The third-order valence-electron chi connectivity index (χ3n) is 5.93. The molecule has 1 aliphatic heterocycles. The molecule has 1 heterocycles. The Morgan fingerprint density at radius 2 is 1.49 bits per heavy atom. The van der Waals surface area contributed by atoms with Gasteiger partial charge >= 0.3 is 0 Å². The van der Waals surface area contributed by atoms with E-state index in [1.54, 1.807) is 27.4 Å². The molecule has 0 bridgehead atoms. The molecule has 0 aliphatic carbocycles. The van der Waals surface area contributed by atoms with E-state index in [4.69, 9.17) is 28.4 Å². The fraction of sp³-hybridized carbons (Fsp3) is 0.481. The standard InChI is InChI=1S/C27H35BrO8S/c1-6-12-35-27-24(34-13-8-7-11-28)16-19(17-25(27)37(5,29)30)21-10-9-20(36-21)18-14-22(31-2)26(33-4)23(15-18)32-3/h7-8,14-17,20-21H,6,9-13H2,1-5H3. The second-order valence-electron chi connectivity index (χ2n) is 8.55. The Hall–Kier alpha value is -2.43. The SMILES string of the molecule is CCCOc1c(OCC=CCBr)cc(C2CCC(c3cc(OC)c(OC)c(OC)c3)O2)cc1S(C)(=O)=O. The summed E-state index contributed by atoms with van der Waals surface area (Å²) in [5, 5.41) is 0.697. The van der Waals surface area contributed by atoms with Crippen molar-refractivity contribution in [1.82, 2.24) is 0 Å². The lowest BCUT2D eigenvalue weighted by Crippen LogP contribution is -2.09. The number of hydrogen-bond acceptors (Lipinski definition) is 8. The quantitative estimate of drug-likeness (QED) is 0.210. The van der Waals surface area contributed by atoms with E-state index >= 15 is 0 Å². The molecule has 10 heteroatoms. The highest BCUT2D eigenvalue weighted by Gasteiger charge is 2.32. The summed E-state index contributed by atoms with van der Waals surface area (Å²) in [4.78, 5) is 0.0951. The van der Waals surface area contributed by atoms with Gasteiger partial charge in [0.15, 0.2) is 32.8 Å². The van der Waals surface area contributed by atoms with Crippen LogP contribution >= 0.6 is 15.9 Å². The van der Waals surface area contributed by atoms with E-state index in [1.165, 1.54) is 6.26 Å². The largest absolute Gasteiger partial charge is 0.493 e. The lowest BCUT2D eigenvalue weighted by molar-refractivity contribution is 0.0435. The zero-order valence-electron chi connectivity index (χ0n) is 21.9. The fourth-order valence-electron chi connectivity index (χ4n) is 4.20. The Morgan fingerprint density at radius 3 is 2.00 bits per heavy atom. The lowest BCUT2D eigenvalue weighted by atomic mass is 10.0. The van der Waals surface area contributed by atoms with Gasteiger partial charge in [0.25, 0.3) is 0 Å². The van der Waals surface area contributed by atoms with E-state index in [0.717, 1.165) is 24.0 Å².